The molecule has 170 valence electrons. The molecule has 0 heterocycles. The summed E-state index contributed by atoms with van der Waals surface area (Å²) in [6.07, 6.45) is -0.575. The van der Waals surface area contributed by atoms with Crippen LogP contribution in [0.5, 0.6) is 0 Å². The fourth-order valence-electron chi connectivity index (χ4n) is 1.25. The van der Waals surface area contributed by atoms with Crippen LogP contribution in [0.4, 0.5) is 0 Å². The third-order valence-electron chi connectivity index (χ3n) is 2.82. The summed E-state index contributed by atoms with van der Waals surface area (Å²) in [6.45, 7) is 2.82. The van der Waals surface area contributed by atoms with Gasteiger partial charge in [0.2, 0.25) is 20.8 Å². The molecule has 0 aromatic carbocycles. The second-order valence-corrected chi connectivity index (χ2v) is 7.62. The van der Waals surface area contributed by atoms with Crippen LogP contribution in [0.15, 0.2) is 10.2 Å². The Morgan fingerprint density at radius 3 is 1.25 bits per heavy atom. The number of aliphatic carboxylic acids is 2. The maximum atomic E-state index is 10.5. The molecule has 0 aromatic heterocycles. The van der Waals surface area contributed by atoms with Crippen LogP contribution in [0.1, 0.15) is 39.5 Å². The molecular formula is C12H16N4Na2O12S2. The number of rotatable bonds is 11. The van der Waals surface area contributed by atoms with Crippen molar-refractivity contribution in [2.75, 3.05) is 0 Å². The maximum Gasteiger partial charge on any atom is 1.00 e. The van der Waals surface area contributed by atoms with Crippen molar-refractivity contribution in [2.24, 2.45) is 10.2 Å². The van der Waals surface area contributed by atoms with E-state index in [-0.39, 0.29) is 84.8 Å². The number of azo groups is 1. The summed E-state index contributed by atoms with van der Waals surface area (Å²) in [5, 5.41) is 42.7. The summed E-state index contributed by atoms with van der Waals surface area (Å²) in [5.74, 6) is -2.12. The molecular weight excluding hydrogens is 502 g/mol. The fourth-order valence-corrected chi connectivity index (χ4v) is 1.79. The normalized spacial score (nSPS) is 14.6. The molecule has 0 radical (unpaired) electrons. The van der Waals surface area contributed by atoms with Crippen molar-refractivity contribution in [1.82, 2.24) is 0 Å². The van der Waals surface area contributed by atoms with Gasteiger partial charge in [-0.2, -0.15) is 20.8 Å². The van der Waals surface area contributed by atoms with Gasteiger partial charge in [-0.05, 0) is 26.7 Å². The quantitative estimate of drug-likeness (QED) is 0.0642. The van der Waals surface area contributed by atoms with Crippen LogP contribution < -0.4 is 59.1 Å². The third-order valence-corrected chi connectivity index (χ3v) is 3.37. The molecule has 0 aliphatic rings. The molecule has 0 saturated heterocycles. The van der Waals surface area contributed by atoms with Gasteiger partial charge in [-0.25, -0.2) is 16.8 Å². The fraction of sp³-hybridized carbons (Fsp3) is 0.667. The monoisotopic (exact) mass is 518 g/mol. The Morgan fingerprint density at radius 1 is 0.844 bits per heavy atom. The number of hydrogen-bond acceptors (Lipinski definition) is 14. The van der Waals surface area contributed by atoms with Gasteiger partial charge >= 0.3 is 71.1 Å². The van der Waals surface area contributed by atoms with Gasteiger partial charge in [0.05, 0.1) is 12.1 Å². The Hall–Kier alpha value is -0.740. The predicted molar refractivity (Wildman–Crippen MR) is 88.2 cm³/mol. The number of nitriles is 2. The zero-order chi connectivity index (χ0) is 24.2. The summed E-state index contributed by atoms with van der Waals surface area (Å²) in [5.41, 5.74) is -2.69. The Bertz CT molecular complexity index is 868. The van der Waals surface area contributed by atoms with Gasteiger partial charge in [0, 0.05) is 12.8 Å². The van der Waals surface area contributed by atoms with Crippen LogP contribution >= 0.6 is 0 Å². The molecule has 0 aliphatic heterocycles. The number of carbonyl (C=O) groups is 2. The molecule has 0 amide bonds. The molecule has 20 heteroatoms. The first-order valence-corrected chi connectivity index (χ1v) is 10.0. The molecule has 0 rings (SSSR count). The molecule has 0 saturated carbocycles. The largest absolute Gasteiger partial charge is 1.00 e. The van der Waals surface area contributed by atoms with Gasteiger partial charge in [-0.15, -0.1) is 8.67 Å². The van der Waals surface area contributed by atoms with Gasteiger partial charge in [-0.1, -0.05) is 0 Å². The second-order valence-electron chi connectivity index (χ2n) is 5.71. The first-order valence-electron chi connectivity index (χ1n) is 7.36. The molecule has 2 unspecified atom stereocenters. The molecule has 0 spiro atoms. The molecule has 0 aromatic rings. The SMILES string of the molecule is CC(C#N)(CCC(=O)O)N=NC(C)(C#N)CCC(=O)O.O=S(=O)([O-])OOS(=O)(=O)[O-].[Na+].[Na+]. The van der Waals surface area contributed by atoms with Crippen LogP contribution in [0, 0.1) is 22.7 Å². The van der Waals surface area contributed by atoms with Gasteiger partial charge in [-0.3, -0.25) is 9.59 Å². The first-order chi connectivity index (χ1) is 13.4. The molecule has 2 atom stereocenters. The summed E-state index contributed by atoms with van der Waals surface area (Å²) >= 11 is 0. The van der Waals surface area contributed by atoms with Gasteiger partial charge in [0.15, 0.2) is 11.1 Å². The van der Waals surface area contributed by atoms with Gasteiger partial charge in [0.1, 0.15) is 0 Å². The Kier molecular flexibility index (Phi) is 20.2. The number of carboxylic acids is 2. The van der Waals surface area contributed by atoms with Crippen molar-refractivity contribution in [2.45, 2.75) is 50.6 Å². The summed E-state index contributed by atoms with van der Waals surface area (Å²) in [4.78, 5) is 21.0. The third kappa shape index (κ3) is 23.9. The Labute approximate surface area is 228 Å². The van der Waals surface area contributed by atoms with E-state index in [1.807, 2.05) is 12.1 Å². The van der Waals surface area contributed by atoms with Crippen LogP contribution in [-0.4, -0.2) is 59.2 Å². The topological polar surface area (TPSA) is 280 Å². The van der Waals surface area contributed by atoms with E-state index in [4.69, 9.17) is 20.7 Å². The average Bonchev–Trinajstić information content (AvgIpc) is 2.61. The Balaban J connectivity index is -0.000000279. The van der Waals surface area contributed by atoms with Gasteiger partial charge in [0.25, 0.3) is 0 Å². The first kappa shape index (κ1) is 38.5. The van der Waals surface area contributed by atoms with Crippen molar-refractivity contribution >= 4 is 32.7 Å². The smallest absolute Gasteiger partial charge is 0.724 e. The maximum absolute atomic E-state index is 10.5. The number of carboxylic acid groups (broad SMARTS) is 2. The van der Waals surface area contributed by atoms with Crippen molar-refractivity contribution in [1.29, 1.82) is 10.5 Å². The standard InChI is InChI=1S/C12H16N4O4.2Na.H2O8S2/c1-11(7-13,5-3-9(17)18)15-16-12(2,8-14)6-4-10(19)20;;;1-9(2,3)7-8-10(4,5)6/h3-6H2,1-2H3,(H,17,18)(H,19,20);;;(H,1,2,3)(H,4,5,6)/q;2*+1;/p-2. The van der Waals surface area contributed by atoms with Crippen molar-refractivity contribution in [3.8, 4) is 12.1 Å². The molecule has 0 aliphatic carbocycles. The Morgan fingerprint density at radius 2 is 1.09 bits per heavy atom. The van der Waals surface area contributed by atoms with Crippen LogP contribution in [0.3, 0.4) is 0 Å². The minimum Gasteiger partial charge on any atom is -0.724 e. The van der Waals surface area contributed by atoms with Crippen LogP contribution in [0.2, 0.25) is 0 Å². The minimum absolute atomic E-state index is 0. The predicted octanol–water partition coefficient (Wildman–Crippen LogP) is -6.40. The van der Waals surface area contributed by atoms with Crippen molar-refractivity contribution < 1.29 is 114 Å². The van der Waals surface area contributed by atoms with Crippen molar-refractivity contribution in [3.05, 3.63) is 0 Å². The summed E-state index contributed by atoms with van der Waals surface area (Å²) < 4.78 is 61.5. The molecule has 0 fully saturated rings. The zero-order valence-corrected chi connectivity index (χ0v) is 23.0. The van der Waals surface area contributed by atoms with Crippen LogP contribution in [0.25, 0.3) is 0 Å². The van der Waals surface area contributed by atoms with E-state index >= 15 is 0 Å². The van der Waals surface area contributed by atoms with E-state index in [0.29, 0.717) is 0 Å². The zero-order valence-electron chi connectivity index (χ0n) is 17.4. The minimum atomic E-state index is -5.31. The summed E-state index contributed by atoms with van der Waals surface area (Å²) in [6, 6.07) is 3.69. The van der Waals surface area contributed by atoms with E-state index in [1.54, 1.807) is 0 Å². The summed E-state index contributed by atoms with van der Waals surface area (Å²) in [7, 11) is -10.6. The van der Waals surface area contributed by atoms with Crippen molar-refractivity contribution in [3.63, 3.8) is 0 Å². The number of hydrogen-bond donors (Lipinski definition) is 2. The molecule has 0 bridgehead atoms. The average molecular weight is 518 g/mol. The second kappa shape index (κ2) is 16.8. The number of nitrogens with zero attached hydrogens (tertiary/aromatic N) is 4. The molecule has 2 N–H and O–H groups in total. The molecule has 16 nitrogen and oxygen atoms in total. The van der Waals surface area contributed by atoms with E-state index < -0.39 is 43.8 Å². The van der Waals surface area contributed by atoms with Gasteiger partial charge < -0.3 is 19.3 Å². The van der Waals surface area contributed by atoms with E-state index in [0.717, 1.165) is 0 Å². The van der Waals surface area contributed by atoms with E-state index in [9.17, 15) is 35.5 Å². The van der Waals surface area contributed by atoms with Crippen LogP contribution in [-0.2, 0) is 39.1 Å². The van der Waals surface area contributed by atoms with E-state index in [2.05, 4.69) is 18.9 Å². The molecule has 32 heavy (non-hydrogen) atoms. The van der Waals surface area contributed by atoms with E-state index in [1.165, 1.54) is 13.8 Å².